The molecule has 1 heterocycles. The summed E-state index contributed by atoms with van der Waals surface area (Å²) < 4.78 is 58.2. The Kier molecular flexibility index (Phi) is 6.10. The summed E-state index contributed by atoms with van der Waals surface area (Å²) in [5, 5.41) is 5.26. The number of fused-ring (bicyclic) bond motifs is 1. The first-order valence-electron chi connectivity index (χ1n) is 10.1. The standard InChI is InChI=1S/C25H18F4N2O3/c1-30-24(33)22-19-10-18(16-4-2-3-14(9-16)12-32)20(31-13-25(27,28)29)11-21(19)34-23(22)15-5-7-17(26)8-6-15/h2-12,31H,13H2,1H3,(H,30,33). The number of hydrogen-bond donors (Lipinski definition) is 2. The van der Waals surface area contributed by atoms with Crippen molar-refractivity contribution >= 4 is 28.8 Å². The molecule has 0 fully saturated rings. The van der Waals surface area contributed by atoms with Gasteiger partial charge in [-0.3, -0.25) is 9.59 Å². The molecule has 0 aliphatic carbocycles. The molecule has 0 bridgehead atoms. The van der Waals surface area contributed by atoms with Gasteiger partial charge in [-0.25, -0.2) is 4.39 Å². The Bertz CT molecular complexity index is 1380. The van der Waals surface area contributed by atoms with Crippen molar-refractivity contribution in [2.24, 2.45) is 0 Å². The molecule has 0 spiro atoms. The number of hydrogen-bond acceptors (Lipinski definition) is 4. The van der Waals surface area contributed by atoms with Crippen LogP contribution >= 0.6 is 0 Å². The average molecular weight is 470 g/mol. The third kappa shape index (κ3) is 4.63. The van der Waals surface area contributed by atoms with Gasteiger partial charge in [-0.2, -0.15) is 13.2 Å². The Hall–Kier alpha value is -4.14. The summed E-state index contributed by atoms with van der Waals surface area (Å²) in [6.45, 7) is -1.30. The van der Waals surface area contributed by atoms with Gasteiger partial charge in [0.25, 0.3) is 5.91 Å². The van der Waals surface area contributed by atoms with Crippen molar-refractivity contribution in [3.05, 3.63) is 77.6 Å². The van der Waals surface area contributed by atoms with Crippen LogP contribution in [0.25, 0.3) is 33.4 Å². The predicted molar refractivity (Wildman–Crippen MR) is 120 cm³/mol. The lowest BCUT2D eigenvalue weighted by Gasteiger charge is -2.15. The first-order chi connectivity index (χ1) is 16.2. The summed E-state index contributed by atoms with van der Waals surface area (Å²) in [6.07, 6.45) is -3.85. The quantitative estimate of drug-likeness (QED) is 0.266. The molecule has 4 aromatic rings. The van der Waals surface area contributed by atoms with Crippen LogP contribution in [0.4, 0.5) is 23.2 Å². The summed E-state index contributed by atoms with van der Waals surface area (Å²) in [6, 6.07) is 14.6. The third-order valence-corrected chi connectivity index (χ3v) is 5.20. The smallest absolute Gasteiger partial charge is 0.405 e. The van der Waals surface area contributed by atoms with Gasteiger partial charge in [0.2, 0.25) is 0 Å². The molecule has 4 rings (SSSR count). The van der Waals surface area contributed by atoms with Crippen molar-refractivity contribution < 1.29 is 31.6 Å². The van der Waals surface area contributed by atoms with Crippen molar-refractivity contribution in [2.75, 3.05) is 18.9 Å². The number of carbonyl (C=O) groups excluding carboxylic acids is 2. The van der Waals surface area contributed by atoms with Gasteiger partial charge in [0.15, 0.2) is 0 Å². The van der Waals surface area contributed by atoms with Crippen LogP contribution in [0.1, 0.15) is 20.7 Å². The molecular formula is C25H18F4N2O3. The van der Waals surface area contributed by atoms with E-state index in [-0.39, 0.29) is 22.6 Å². The van der Waals surface area contributed by atoms with Crippen LogP contribution in [0, 0.1) is 5.82 Å². The van der Waals surface area contributed by atoms with Crippen LogP contribution in [0.5, 0.6) is 0 Å². The Morgan fingerprint density at radius 3 is 2.41 bits per heavy atom. The van der Waals surface area contributed by atoms with E-state index in [2.05, 4.69) is 10.6 Å². The van der Waals surface area contributed by atoms with E-state index in [1.807, 2.05) is 0 Å². The van der Waals surface area contributed by atoms with E-state index in [4.69, 9.17) is 4.42 Å². The summed E-state index contributed by atoms with van der Waals surface area (Å²) in [7, 11) is 1.43. The number of furan rings is 1. The molecule has 174 valence electrons. The summed E-state index contributed by atoms with van der Waals surface area (Å²) in [4.78, 5) is 24.0. The zero-order chi connectivity index (χ0) is 24.5. The van der Waals surface area contributed by atoms with Crippen molar-refractivity contribution in [2.45, 2.75) is 6.18 Å². The highest BCUT2D eigenvalue weighted by Crippen LogP contribution is 2.40. The van der Waals surface area contributed by atoms with Gasteiger partial charge in [0, 0.05) is 40.9 Å². The largest absolute Gasteiger partial charge is 0.455 e. The fraction of sp³-hybridized carbons (Fsp3) is 0.120. The SMILES string of the molecule is CNC(=O)c1c(-c2ccc(F)cc2)oc2cc(NCC(F)(F)F)c(-c3cccc(C=O)c3)cc12. The van der Waals surface area contributed by atoms with Crippen LogP contribution < -0.4 is 10.6 Å². The van der Waals surface area contributed by atoms with Crippen molar-refractivity contribution in [1.82, 2.24) is 5.32 Å². The number of halogens is 4. The summed E-state index contributed by atoms with van der Waals surface area (Å²) in [5.74, 6) is -0.811. The number of benzene rings is 3. The van der Waals surface area contributed by atoms with Gasteiger partial charge in [-0.15, -0.1) is 0 Å². The number of alkyl halides is 3. The molecule has 5 nitrogen and oxygen atoms in total. The molecule has 9 heteroatoms. The molecule has 0 saturated heterocycles. The monoisotopic (exact) mass is 470 g/mol. The molecule has 0 saturated carbocycles. The van der Waals surface area contributed by atoms with Gasteiger partial charge in [-0.05, 0) is 42.0 Å². The highest BCUT2D eigenvalue weighted by Gasteiger charge is 2.28. The fourth-order valence-electron chi connectivity index (χ4n) is 3.66. The molecular weight excluding hydrogens is 452 g/mol. The normalized spacial score (nSPS) is 11.4. The topological polar surface area (TPSA) is 71.3 Å². The van der Waals surface area contributed by atoms with Gasteiger partial charge in [0.05, 0.1) is 5.56 Å². The highest BCUT2D eigenvalue weighted by molar-refractivity contribution is 6.12. The number of aldehydes is 1. The number of anilines is 1. The number of nitrogens with one attached hydrogen (secondary N) is 2. The van der Waals surface area contributed by atoms with E-state index in [1.165, 1.54) is 43.4 Å². The number of carbonyl (C=O) groups is 2. The van der Waals surface area contributed by atoms with E-state index in [9.17, 15) is 27.2 Å². The molecule has 2 N–H and O–H groups in total. The van der Waals surface area contributed by atoms with Crippen molar-refractivity contribution in [3.8, 4) is 22.5 Å². The first-order valence-corrected chi connectivity index (χ1v) is 10.1. The van der Waals surface area contributed by atoms with Crippen LogP contribution in [-0.4, -0.2) is 32.0 Å². The van der Waals surface area contributed by atoms with E-state index in [0.717, 1.165) is 0 Å². The lowest BCUT2D eigenvalue weighted by Crippen LogP contribution is -2.21. The Balaban J connectivity index is 1.98. The maximum absolute atomic E-state index is 13.4. The zero-order valence-electron chi connectivity index (χ0n) is 17.8. The summed E-state index contributed by atoms with van der Waals surface area (Å²) >= 11 is 0. The number of amides is 1. The van der Waals surface area contributed by atoms with E-state index < -0.39 is 24.4 Å². The maximum atomic E-state index is 13.4. The lowest BCUT2D eigenvalue weighted by molar-refractivity contribution is -0.115. The first kappa shape index (κ1) is 23.0. The fourth-order valence-corrected chi connectivity index (χ4v) is 3.66. The highest BCUT2D eigenvalue weighted by atomic mass is 19.4. The number of rotatable bonds is 6. The lowest BCUT2D eigenvalue weighted by atomic mass is 9.97. The third-order valence-electron chi connectivity index (χ3n) is 5.20. The molecule has 0 radical (unpaired) electrons. The molecule has 0 aliphatic rings. The summed E-state index contributed by atoms with van der Waals surface area (Å²) in [5.41, 5.74) is 2.00. The molecule has 1 aromatic heterocycles. The van der Waals surface area contributed by atoms with Crippen LogP contribution in [0.2, 0.25) is 0 Å². The van der Waals surface area contributed by atoms with Crippen LogP contribution in [0.3, 0.4) is 0 Å². The van der Waals surface area contributed by atoms with Gasteiger partial charge >= 0.3 is 6.18 Å². The Labute approximate surface area is 191 Å². The molecule has 0 aliphatic heterocycles. The van der Waals surface area contributed by atoms with Crippen molar-refractivity contribution in [3.63, 3.8) is 0 Å². The molecule has 0 atom stereocenters. The molecule has 1 amide bonds. The second-order valence-electron chi connectivity index (χ2n) is 7.50. The Morgan fingerprint density at radius 2 is 1.76 bits per heavy atom. The minimum atomic E-state index is -4.48. The van der Waals surface area contributed by atoms with E-state index in [1.54, 1.807) is 24.3 Å². The minimum absolute atomic E-state index is 0.107. The molecule has 3 aromatic carbocycles. The molecule has 0 unspecified atom stereocenters. The Morgan fingerprint density at radius 1 is 1.03 bits per heavy atom. The molecule has 34 heavy (non-hydrogen) atoms. The van der Waals surface area contributed by atoms with Crippen LogP contribution in [-0.2, 0) is 0 Å². The second-order valence-corrected chi connectivity index (χ2v) is 7.50. The zero-order valence-corrected chi connectivity index (χ0v) is 17.8. The van der Waals surface area contributed by atoms with E-state index >= 15 is 0 Å². The van der Waals surface area contributed by atoms with Crippen LogP contribution in [0.15, 0.2) is 65.1 Å². The van der Waals surface area contributed by atoms with E-state index in [0.29, 0.717) is 33.9 Å². The predicted octanol–water partition coefficient (Wildman–Crippen LogP) is 6.05. The van der Waals surface area contributed by atoms with Gasteiger partial charge in [0.1, 0.15) is 30.0 Å². The minimum Gasteiger partial charge on any atom is -0.455 e. The maximum Gasteiger partial charge on any atom is 0.405 e. The van der Waals surface area contributed by atoms with Gasteiger partial charge in [-0.1, -0.05) is 18.2 Å². The average Bonchev–Trinajstić information content (AvgIpc) is 3.20. The van der Waals surface area contributed by atoms with Gasteiger partial charge < -0.3 is 15.1 Å². The van der Waals surface area contributed by atoms with Crippen molar-refractivity contribution in [1.29, 1.82) is 0 Å². The second kappa shape index (κ2) is 9.01.